The number of nitrogens with zero attached hydrogens (tertiary/aromatic N) is 3. The van der Waals surface area contributed by atoms with E-state index in [0.717, 1.165) is 61.5 Å². The van der Waals surface area contributed by atoms with E-state index in [-0.39, 0.29) is 5.41 Å². The number of rotatable bonds is 4. The number of hydrogen-bond donors (Lipinski definition) is 0. The molecule has 0 radical (unpaired) electrons. The molecule has 2 rings (SSSR count). The molecule has 1 aromatic rings. The number of aromatic nitrogens is 2. The van der Waals surface area contributed by atoms with Crippen LogP contribution in [0.3, 0.4) is 0 Å². The highest BCUT2D eigenvalue weighted by atomic mass is 35.5. The third-order valence-electron chi connectivity index (χ3n) is 4.25. The molecular weight excluding hydrogens is 258 g/mol. The van der Waals surface area contributed by atoms with Crippen LogP contribution in [0.15, 0.2) is 0 Å². The van der Waals surface area contributed by atoms with Gasteiger partial charge in [-0.05, 0) is 26.2 Å². The highest BCUT2D eigenvalue weighted by Gasteiger charge is 2.34. The summed E-state index contributed by atoms with van der Waals surface area (Å²) in [6.45, 7) is 4.96. The Balaban J connectivity index is 2.31. The van der Waals surface area contributed by atoms with Gasteiger partial charge in [0.15, 0.2) is 0 Å². The summed E-state index contributed by atoms with van der Waals surface area (Å²) in [4.78, 5) is 0. The summed E-state index contributed by atoms with van der Waals surface area (Å²) >= 11 is 6.45. The van der Waals surface area contributed by atoms with Gasteiger partial charge in [0.1, 0.15) is 0 Å². The Labute approximate surface area is 120 Å². The minimum absolute atomic E-state index is 0.222. The number of nitriles is 1. The van der Waals surface area contributed by atoms with Crippen molar-refractivity contribution in [1.82, 2.24) is 9.78 Å². The summed E-state index contributed by atoms with van der Waals surface area (Å²) in [7, 11) is 0. The summed E-state index contributed by atoms with van der Waals surface area (Å²) in [5.41, 5.74) is 1.80. The molecule has 0 aromatic carbocycles. The number of halogens is 1. The van der Waals surface area contributed by atoms with Gasteiger partial charge in [0, 0.05) is 13.0 Å². The fourth-order valence-electron chi connectivity index (χ4n) is 3.06. The number of hydrogen-bond acceptors (Lipinski definition) is 2. The van der Waals surface area contributed by atoms with Gasteiger partial charge in [0.05, 0.1) is 27.9 Å². The second-order valence-electron chi connectivity index (χ2n) is 5.51. The molecule has 3 nitrogen and oxygen atoms in total. The fraction of sp³-hybridized carbons (Fsp3) is 0.733. The molecule has 1 aliphatic rings. The van der Waals surface area contributed by atoms with E-state index >= 15 is 0 Å². The molecule has 1 heterocycles. The van der Waals surface area contributed by atoms with Crippen LogP contribution in [0.1, 0.15) is 57.3 Å². The molecule has 0 aliphatic heterocycles. The van der Waals surface area contributed by atoms with E-state index in [2.05, 4.69) is 25.0 Å². The zero-order chi connectivity index (χ0) is 13.9. The molecule has 0 amide bonds. The number of aryl methyl sites for hydroxylation is 2. The van der Waals surface area contributed by atoms with Crippen molar-refractivity contribution in [3.05, 3.63) is 16.4 Å². The highest BCUT2D eigenvalue weighted by Crippen LogP contribution is 2.40. The molecule has 0 spiro atoms. The first-order valence-corrected chi connectivity index (χ1v) is 7.69. The second kappa shape index (κ2) is 5.96. The lowest BCUT2D eigenvalue weighted by atomic mass is 9.72. The molecule has 0 atom stereocenters. The van der Waals surface area contributed by atoms with Gasteiger partial charge in [-0.15, -0.1) is 0 Å². The topological polar surface area (TPSA) is 41.6 Å². The molecule has 4 heteroatoms. The molecule has 1 aromatic heterocycles. The quantitative estimate of drug-likeness (QED) is 0.831. The van der Waals surface area contributed by atoms with Crippen molar-refractivity contribution in [2.75, 3.05) is 0 Å². The maximum Gasteiger partial charge on any atom is 0.0850 e. The first-order chi connectivity index (χ1) is 9.15. The Morgan fingerprint density at radius 3 is 2.53 bits per heavy atom. The average Bonchev–Trinajstić information content (AvgIpc) is 2.76. The van der Waals surface area contributed by atoms with Crippen LogP contribution in [0.25, 0.3) is 0 Å². The summed E-state index contributed by atoms with van der Waals surface area (Å²) < 4.78 is 1.98. The summed E-state index contributed by atoms with van der Waals surface area (Å²) in [6, 6.07) is 2.57. The minimum Gasteiger partial charge on any atom is -0.268 e. The summed E-state index contributed by atoms with van der Waals surface area (Å²) in [5.74, 6) is 0. The molecular formula is C15H22ClN3. The van der Waals surface area contributed by atoms with Crippen LogP contribution in [0.2, 0.25) is 5.02 Å². The Kier molecular flexibility index (Phi) is 4.52. The van der Waals surface area contributed by atoms with E-state index < -0.39 is 0 Å². The minimum atomic E-state index is -0.222. The van der Waals surface area contributed by atoms with Gasteiger partial charge in [-0.2, -0.15) is 10.4 Å². The Morgan fingerprint density at radius 2 is 2.00 bits per heavy atom. The van der Waals surface area contributed by atoms with E-state index in [1.165, 1.54) is 6.42 Å². The van der Waals surface area contributed by atoms with Crippen molar-refractivity contribution in [2.24, 2.45) is 5.41 Å². The van der Waals surface area contributed by atoms with Crippen LogP contribution in [-0.4, -0.2) is 9.78 Å². The molecule has 0 saturated heterocycles. The standard InChI is InChI=1S/C15H22ClN3/c1-3-12-14(16)13(19(4-2)18-12)10-15(11-17)8-6-5-7-9-15/h3-10H2,1-2H3. The molecule has 1 aliphatic carbocycles. The van der Waals surface area contributed by atoms with Crippen molar-refractivity contribution >= 4 is 11.6 Å². The zero-order valence-electron chi connectivity index (χ0n) is 11.9. The zero-order valence-corrected chi connectivity index (χ0v) is 12.6. The van der Waals surface area contributed by atoms with Gasteiger partial charge in [0.2, 0.25) is 0 Å². The Bertz CT molecular complexity index is 478. The van der Waals surface area contributed by atoms with Gasteiger partial charge in [-0.1, -0.05) is 37.8 Å². The van der Waals surface area contributed by atoms with Crippen LogP contribution in [-0.2, 0) is 19.4 Å². The Hall–Kier alpha value is -1.01. The molecule has 0 bridgehead atoms. The summed E-state index contributed by atoms with van der Waals surface area (Å²) in [5, 5.41) is 14.9. The highest BCUT2D eigenvalue weighted by molar-refractivity contribution is 6.31. The van der Waals surface area contributed by atoms with Crippen LogP contribution < -0.4 is 0 Å². The predicted molar refractivity (Wildman–Crippen MR) is 77.1 cm³/mol. The SMILES string of the molecule is CCc1nn(CC)c(CC2(C#N)CCCCC2)c1Cl. The van der Waals surface area contributed by atoms with Crippen molar-refractivity contribution in [3.8, 4) is 6.07 Å². The maximum atomic E-state index is 9.60. The average molecular weight is 280 g/mol. The van der Waals surface area contributed by atoms with Crippen LogP contribution in [0, 0.1) is 16.7 Å². The second-order valence-corrected chi connectivity index (χ2v) is 5.88. The molecule has 0 N–H and O–H groups in total. The van der Waals surface area contributed by atoms with Crippen LogP contribution in [0.4, 0.5) is 0 Å². The van der Waals surface area contributed by atoms with Gasteiger partial charge < -0.3 is 0 Å². The maximum absolute atomic E-state index is 9.60. The monoisotopic (exact) mass is 279 g/mol. The lowest BCUT2D eigenvalue weighted by Crippen LogP contribution is -2.26. The van der Waals surface area contributed by atoms with Gasteiger partial charge in [0.25, 0.3) is 0 Å². The molecule has 104 valence electrons. The third kappa shape index (κ3) is 2.79. The molecule has 1 saturated carbocycles. The molecule has 0 unspecified atom stereocenters. The van der Waals surface area contributed by atoms with Gasteiger partial charge in [-0.25, -0.2) is 0 Å². The van der Waals surface area contributed by atoms with Crippen molar-refractivity contribution in [2.45, 2.75) is 65.3 Å². The van der Waals surface area contributed by atoms with E-state index in [1.807, 2.05) is 4.68 Å². The van der Waals surface area contributed by atoms with E-state index in [9.17, 15) is 5.26 Å². The Morgan fingerprint density at radius 1 is 1.32 bits per heavy atom. The van der Waals surface area contributed by atoms with Gasteiger partial charge in [-0.3, -0.25) is 4.68 Å². The predicted octanol–water partition coefficient (Wildman–Crippen LogP) is 4.14. The van der Waals surface area contributed by atoms with Crippen molar-refractivity contribution in [1.29, 1.82) is 5.26 Å². The molecule has 19 heavy (non-hydrogen) atoms. The summed E-state index contributed by atoms with van der Waals surface area (Å²) in [6.07, 6.45) is 7.16. The van der Waals surface area contributed by atoms with E-state index in [1.54, 1.807) is 0 Å². The van der Waals surface area contributed by atoms with E-state index in [4.69, 9.17) is 11.6 Å². The largest absolute Gasteiger partial charge is 0.268 e. The first kappa shape index (κ1) is 14.4. The van der Waals surface area contributed by atoms with Crippen molar-refractivity contribution < 1.29 is 0 Å². The lowest BCUT2D eigenvalue weighted by Gasteiger charge is -2.30. The van der Waals surface area contributed by atoms with E-state index in [0.29, 0.717) is 0 Å². The third-order valence-corrected chi connectivity index (χ3v) is 4.68. The van der Waals surface area contributed by atoms with Crippen molar-refractivity contribution in [3.63, 3.8) is 0 Å². The normalized spacial score (nSPS) is 18.2. The van der Waals surface area contributed by atoms with Crippen LogP contribution >= 0.6 is 11.6 Å². The molecule has 1 fully saturated rings. The first-order valence-electron chi connectivity index (χ1n) is 7.31. The van der Waals surface area contributed by atoms with Gasteiger partial charge >= 0.3 is 0 Å². The van der Waals surface area contributed by atoms with Crippen LogP contribution in [0.5, 0.6) is 0 Å². The smallest absolute Gasteiger partial charge is 0.0850 e. The fourth-order valence-corrected chi connectivity index (χ4v) is 3.40. The lowest BCUT2D eigenvalue weighted by molar-refractivity contribution is 0.260.